The van der Waals surface area contributed by atoms with Gasteiger partial charge in [-0.2, -0.15) is 4.31 Å². The lowest BCUT2D eigenvalue weighted by atomic mass is 10.2. The molecular weight excluding hydrogens is 455 g/mol. The summed E-state index contributed by atoms with van der Waals surface area (Å²) in [5.41, 5.74) is 0.0226. The quantitative estimate of drug-likeness (QED) is 0.655. The van der Waals surface area contributed by atoms with Crippen LogP contribution in [0.5, 0.6) is 5.75 Å². The highest BCUT2D eigenvalue weighted by atomic mass is 35.5. The fourth-order valence-electron chi connectivity index (χ4n) is 3.20. The van der Waals surface area contributed by atoms with E-state index in [9.17, 15) is 21.2 Å². The third kappa shape index (κ3) is 4.88. The van der Waals surface area contributed by atoms with Crippen LogP contribution >= 0.6 is 11.6 Å². The lowest BCUT2D eigenvalue weighted by Crippen LogP contribution is -2.35. The Morgan fingerprint density at radius 2 is 1.73 bits per heavy atom. The topological polar surface area (TPSA) is 92.8 Å². The first-order valence-corrected chi connectivity index (χ1v) is 12.7. The number of rotatable bonds is 7. The first-order valence-electron chi connectivity index (χ1n) is 9.40. The van der Waals surface area contributed by atoms with Gasteiger partial charge in [-0.05, 0) is 56.2 Å². The monoisotopic (exact) mass is 476 g/mol. The van der Waals surface area contributed by atoms with Crippen molar-refractivity contribution >= 4 is 37.3 Å². The Morgan fingerprint density at radius 1 is 1.03 bits per heavy atom. The van der Waals surface area contributed by atoms with Crippen molar-refractivity contribution in [2.75, 3.05) is 24.4 Å². The van der Waals surface area contributed by atoms with Gasteiger partial charge in [0.1, 0.15) is 21.4 Å². The number of ether oxygens (including phenoxy) is 1. The van der Waals surface area contributed by atoms with E-state index in [0.29, 0.717) is 13.1 Å². The maximum Gasteiger partial charge on any atom is 0.263 e. The summed E-state index contributed by atoms with van der Waals surface area (Å²) in [6.07, 6.45) is 2.49. The van der Waals surface area contributed by atoms with Crippen LogP contribution in [0.4, 0.5) is 10.1 Å². The standard InChI is InChI=1S/C19H22ClFN2O5S2/c1-2-28-17-8-7-15(13-19(17)30(26,27)23-10-4-3-5-11-23)22-29(24,25)18-9-6-14(21)12-16(18)20/h6-9,12-13,22H,2-5,10-11H2,1H3. The molecule has 0 saturated carbocycles. The van der Waals surface area contributed by atoms with Gasteiger partial charge in [-0.1, -0.05) is 18.0 Å². The van der Waals surface area contributed by atoms with Gasteiger partial charge in [0.2, 0.25) is 10.0 Å². The summed E-state index contributed by atoms with van der Waals surface area (Å²) in [5, 5.41) is -0.283. The zero-order valence-electron chi connectivity index (χ0n) is 16.3. The number of nitrogens with one attached hydrogen (secondary N) is 1. The molecule has 1 fully saturated rings. The molecule has 30 heavy (non-hydrogen) atoms. The Kier molecular flexibility index (Phi) is 6.91. The Labute approximate surface area is 180 Å². The summed E-state index contributed by atoms with van der Waals surface area (Å²) in [5.74, 6) is -0.527. The number of benzene rings is 2. The zero-order valence-corrected chi connectivity index (χ0v) is 18.7. The molecule has 1 N–H and O–H groups in total. The number of hydrogen-bond acceptors (Lipinski definition) is 5. The number of halogens is 2. The van der Waals surface area contributed by atoms with Crippen molar-refractivity contribution in [3.8, 4) is 5.75 Å². The molecule has 0 unspecified atom stereocenters. The molecule has 7 nitrogen and oxygen atoms in total. The smallest absolute Gasteiger partial charge is 0.263 e. The Bertz CT molecular complexity index is 1130. The average molecular weight is 477 g/mol. The van der Waals surface area contributed by atoms with E-state index in [-0.39, 0.29) is 32.9 Å². The van der Waals surface area contributed by atoms with Gasteiger partial charge in [0.05, 0.1) is 17.3 Å². The van der Waals surface area contributed by atoms with Gasteiger partial charge >= 0.3 is 0 Å². The first-order chi connectivity index (χ1) is 14.1. The second-order valence-electron chi connectivity index (χ2n) is 6.74. The Hall–Kier alpha value is -1.88. The lowest BCUT2D eigenvalue weighted by Gasteiger charge is -2.27. The molecular formula is C19H22ClFN2O5S2. The molecule has 0 aromatic heterocycles. The summed E-state index contributed by atoms with van der Waals surface area (Å²) in [7, 11) is -8.04. The molecule has 2 aromatic rings. The summed E-state index contributed by atoms with van der Waals surface area (Å²) >= 11 is 5.87. The molecule has 0 aliphatic carbocycles. The van der Waals surface area contributed by atoms with E-state index in [1.54, 1.807) is 6.92 Å². The number of hydrogen-bond donors (Lipinski definition) is 1. The highest BCUT2D eigenvalue weighted by molar-refractivity contribution is 7.93. The van der Waals surface area contributed by atoms with Crippen LogP contribution in [-0.4, -0.2) is 40.8 Å². The number of nitrogens with zero attached hydrogens (tertiary/aromatic N) is 1. The highest BCUT2D eigenvalue weighted by Crippen LogP contribution is 2.33. The summed E-state index contributed by atoms with van der Waals surface area (Å²) in [4.78, 5) is -0.434. The Balaban J connectivity index is 1.99. The molecule has 11 heteroatoms. The number of sulfonamides is 2. The van der Waals surface area contributed by atoms with Crippen molar-refractivity contribution in [3.63, 3.8) is 0 Å². The van der Waals surface area contributed by atoms with Crippen molar-refractivity contribution in [2.45, 2.75) is 36.0 Å². The average Bonchev–Trinajstić information content (AvgIpc) is 2.69. The van der Waals surface area contributed by atoms with Crippen LogP contribution < -0.4 is 9.46 Å². The van der Waals surface area contributed by atoms with Gasteiger partial charge in [0, 0.05) is 13.1 Å². The van der Waals surface area contributed by atoms with Crippen molar-refractivity contribution in [1.29, 1.82) is 0 Å². The minimum Gasteiger partial charge on any atom is -0.492 e. The van der Waals surface area contributed by atoms with Crippen molar-refractivity contribution in [2.24, 2.45) is 0 Å². The van der Waals surface area contributed by atoms with Gasteiger partial charge < -0.3 is 4.74 Å². The van der Waals surface area contributed by atoms with Crippen molar-refractivity contribution < 1.29 is 26.0 Å². The van der Waals surface area contributed by atoms with Gasteiger partial charge in [-0.25, -0.2) is 21.2 Å². The second kappa shape index (κ2) is 9.09. The number of anilines is 1. The molecule has 0 spiro atoms. The minimum absolute atomic E-state index is 0.0226. The van der Waals surface area contributed by atoms with E-state index in [1.807, 2.05) is 0 Å². The van der Waals surface area contributed by atoms with E-state index < -0.39 is 25.9 Å². The van der Waals surface area contributed by atoms with Crippen molar-refractivity contribution in [3.05, 3.63) is 47.2 Å². The fraction of sp³-hybridized carbons (Fsp3) is 0.368. The predicted octanol–water partition coefficient (Wildman–Crippen LogP) is 3.85. The van der Waals surface area contributed by atoms with Gasteiger partial charge in [-0.3, -0.25) is 4.72 Å². The van der Waals surface area contributed by atoms with Crippen LogP contribution in [0, 0.1) is 5.82 Å². The van der Waals surface area contributed by atoms with E-state index >= 15 is 0 Å². The summed E-state index contributed by atoms with van der Waals surface area (Å²) < 4.78 is 74.1. The Morgan fingerprint density at radius 3 is 2.37 bits per heavy atom. The van der Waals surface area contributed by atoms with E-state index in [4.69, 9.17) is 16.3 Å². The zero-order chi connectivity index (χ0) is 21.9. The lowest BCUT2D eigenvalue weighted by molar-refractivity contribution is 0.323. The molecule has 0 bridgehead atoms. The van der Waals surface area contributed by atoms with Crippen LogP contribution in [0.15, 0.2) is 46.2 Å². The first kappa shape index (κ1) is 22.8. The van der Waals surface area contributed by atoms with E-state index in [1.165, 1.54) is 22.5 Å². The highest BCUT2D eigenvalue weighted by Gasteiger charge is 2.30. The van der Waals surface area contributed by atoms with Crippen LogP contribution in [0.2, 0.25) is 5.02 Å². The molecule has 0 amide bonds. The van der Waals surface area contributed by atoms with E-state index in [0.717, 1.165) is 37.5 Å². The second-order valence-corrected chi connectivity index (χ2v) is 10.7. The van der Waals surface area contributed by atoms with E-state index in [2.05, 4.69) is 4.72 Å². The van der Waals surface area contributed by atoms with Gasteiger partial charge in [0.15, 0.2) is 0 Å². The molecule has 2 aromatic carbocycles. The molecule has 3 rings (SSSR count). The molecule has 0 atom stereocenters. The third-order valence-corrected chi connectivity index (χ3v) is 8.40. The normalized spacial score (nSPS) is 15.7. The largest absolute Gasteiger partial charge is 0.492 e. The van der Waals surface area contributed by atoms with Crippen LogP contribution in [0.3, 0.4) is 0 Å². The van der Waals surface area contributed by atoms with Gasteiger partial charge in [-0.15, -0.1) is 0 Å². The third-order valence-electron chi connectivity index (χ3n) is 4.61. The van der Waals surface area contributed by atoms with Crippen molar-refractivity contribution in [1.82, 2.24) is 4.31 Å². The SMILES string of the molecule is CCOc1ccc(NS(=O)(=O)c2ccc(F)cc2Cl)cc1S(=O)(=O)N1CCCCC1. The molecule has 1 aliphatic heterocycles. The summed E-state index contributed by atoms with van der Waals surface area (Å²) in [6.45, 7) is 2.77. The molecule has 0 radical (unpaired) electrons. The maximum absolute atomic E-state index is 13.3. The van der Waals surface area contributed by atoms with Gasteiger partial charge in [0.25, 0.3) is 10.0 Å². The molecule has 1 heterocycles. The maximum atomic E-state index is 13.3. The fourth-order valence-corrected chi connectivity index (χ4v) is 6.45. The predicted molar refractivity (Wildman–Crippen MR) is 112 cm³/mol. The minimum atomic E-state index is -4.17. The molecule has 164 valence electrons. The van der Waals surface area contributed by atoms with Crippen LogP contribution in [0.1, 0.15) is 26.2 Å². The summed E-state index contributed by atoms with van der Waals surface area (Å²) in [6, 6.07) is 6.94. The molecule has 1 aliphatic rings. The van der Waals surface area contributed by atoms with Crippen LogP contribution in [-0.2, 0) is 20.0 Å². The number of piperidine rings is 1. The molecule has 1 saturated heterocycles. The van der Waals surface area contributed by atoms with Crippen LogP contribution in [0.25, 0.3) is 0 Å².